The summed E-state index contributed by atoms with van der Waals surface area (Å²) in [5.41, 5.74) is 2.06. The van der Waals surface area contributed by atoms with Crippen molar-refractivity contribution in [3.05, 3.63) is 51.6 Å². The fraction of sp³-hybridized carbons (Fsp3) is 0.154. The van der Waals surface area contributed by atoms with Gasteiger partial charge in [0.1, 0.15) is 11.8 Å². The Labute approximate surface area is 119 Å². The average molecular weight is 328 g/mol. The quantitative estimate of drug-likeness (QED) is 0.858. The molecule has 1 heterocycles. The van der Waals surface area contributed by atoms with Crippen molar-refractivity contribution in [3.63, 3.8) is 0 Å². The van der Waals surface area contributed by atoms with Gasteiger partial charge in [-0.05, 0) is 18.2 Å². The predicted octanol–water partition coefficient (Wildman–Crippen LogP) is 4.12. The lowest BCUT2D eigenvalue weighted by Crippen LogP contribution is -2.02. The number of aromatic nitrogens is 1. The molecule has 0 aliphatic heterocycles. The number of rotatable bonds is 4. The Morgan fingerprint density at radius 2 is 2.06 bits per heavy atom. The zero-order chi connectivity index (χ0) is 13.0. The van der Waals surface area contributed by atoms with Crippen LogP contribution in [0.4, 0.5) is 5.69 Å². The van der Waals surface area contributed by atoms with E-state index in [4.69, 9.17) is 16.3 Å². The number of nitrogens with one attached hydrogen (secondary N) is 1. The summed E-state index contributed by atoms with van der Waals surface area (Å²) in [5, 5.41) is 3.55. The van der Waals surface area contributed by atoms with E-state index in [1.807, 2.05) is 31.3 Å². The van der Waals surface area contributed by atoms with Crippen molar-refractivity contribution in [2.45, 2.75) is 6.61 Å². The second-order valence-electron chi connectivity index (χ2n) is 3.60. The third-order valence-electron chi connectivity index (χ3n) is 2.44. The molecule has 94 valence electrons. The zero-order valence-corrected chi connectivity index (χ0v) is 12.1. The van der Waals surface area contributed by atoms with Crippen LogP contribution in [0.5, 0.6) is 5.88 Å². The van der Waals surface area contributed by atoms with Crippen LogP contribution < -0.4 is 10.1 Å². The number of hydrogen-bond acceptors (Lipinski definition) is 3. The molecule has 0 unspecified atom stereocenters. The highest BCUT2D eigenvalue weighted by Crippen LogP contribution is 2.26. The minimum atomic E-state index is 0.422. The molecule has 18 heavy (non-hydrogen) atoms. The molecular weight excluding hydrogens is 316 g/mol. The molecule has 0 saturated carbocycles. The molecule has 0 spiro atoms. The van der Waals surface area contributed by atoms with E-state index in [-0.39, 0.29) is 0 Å². The van der Waals surface area contributed by atoms with Gasteiger partial charge >= 0.3 is 0 Å². The van der Waals surface area contributed by atoms with Crippen LogP contribution in [0.2, 0.25) is 5.15 Å². The van der Waals surface area contributed by atoms with E-state index in [1.165, 1.54) is 0 Å². The highest BCUT2D eigenvalue weighted by Gasteiger charge is 2.07. The van der Waals surface area contributed by atoms with Crippen LogP contribution in [-0.4, -0.2) is 12.0 Å². The van der Waals surface area contributed by atoms with Gasteiger partial charge in [-0.1, -0.05) is 39.7 Å². The summed E-state index contributed by atoms with van der Waals surface area (Å²) < 4.78 is 6.63. The van der Waals surface area contributed by atoms with Crippen LogP contribution in [0.1, 0.15) is 5.56 Å². The number of hydrogen-bond donors (Lipinski definition) is 1. The summed E-state index contributed by atoms with van der Waals surface area (Å²) >= 11 is 9.31. The molecule has 0 amide bonds. The maximum atomic E-state index is 5.80. The Kier molecular flexibility index (Phi) is 4.44. The van der Waals surface area contributed by atoms with Gasteiger partial charge in [-0.25, -0.2) is 4.98 Å². The van der Waals surface area contributed by atoms with Crippen LogP contribution in [0, 0.1) is 0 Å². The highest BCUT2D eigenvalue weighted by atomic mass is 79.9. The lowest BCUT2D eigenvalue weighted by Gasteiger charge is -2.12. The molecule has 2 aromatic rings. The molecule has 0 fully saturated rings. The van der Waals surface area contributed by atoms with Crippen molar-refractivity contribution in [1.29, 1.82) is 0 Å². The molecule has 0 radical (unpaired) electrons. The Morgan fingerprint density at radius 1 is 1.28 bits per heavy atom. The number of nitrogens with zero attached hydrogens (tertiary/aromatic N) is 1. The maximum absolute atomic E-state index is 5.80. The molecule has 1 aromatic carbocycles. The van der Waals surface area contributed by atoms with Crippen LogP contribution >= 0.6 is 27.5 Å². The standard InChI is InChI=1S/C13H12BrClN2O/c1-16-11-5-2-4-10(14)9(11)8-18-13-7-3-6-12(15)17-13/h2-7,16H,8H2,1H3. The van der Waals surface area contributed by atoms with E-state index in [0.717, 1.165) is 15.7 Å². The van der Waals surface area contributed by atoms with Gasteiger partial charge in [-0.15, -0.1) is 0 Å². The first-order chi connectivity index (χ1) is 8.70. The third kappa shape index (κ3) is 3.15. The summed E-state index contributed by atoms with van der Waals surface area (Å²) in [6, 6.07) is 11.2. The van der Waals surface area contributed by atoms with E-state index in [0.29, 0.717) is 17.6 Å². The normalized spacial score (nSPS) is 10.2. The van der Waals surface area contributed by atoms with Crippen molar-refractivity contribution >= 4 is 33.2 Å². The molecule has 0 aliphatic carbocycles. The maximum Gasteiger partial charge on any atom is 0.214 e. The van der Waals surface area contributed by atoms with E-state index in [1.54, 1.807) is 12.1 Å². The second-order valence-corrected chi connectivity index (χ2v) is 4.84. The van der Waals surface area contributed by atoms with Gasteiger partial charge in [0.15, 0.2) is 0 Å². The van der Waals surface area contributed by atoms with Gasteiger partial charge in [0.25, 0.3) is 0 Å². The largest absolute Gasteiger partial charge is 0.473 e. The van der Waals surface area contributed by atoms with E-state index in [2.05, 4.69) is 26.2 Å². The molecule has 3 nitrogen and oxygen atoms in total. The molecular formula is C13H12BrClN2O. The molecule has 0 atom stereocenters. The monoisotopic (exact) mass is 326 g/mol. The number of ether oxygens (including phenoxy) is 1. The second kappa shape index (κ2) is 6.07. The van der Waals surface area contributed by atoms with Gasteiger partial charge < -0.3 is 10.1 Å². The molecule has 0 bridgehead atoms. The van der Waals surface area contributed by atoms with Gasteiger partial charge in [-0.3, -0.25) is 0 Å². The lowest BCUT2D eigenvalue weighted by molar-refractivity contribution is 0.294. The van der Waals surface area contributed by atoms with Crippen molar-refractivity contribution in [3.8, 4) is 5.88 Å². The number of benzene rings is 1. The van der Waals surface area contributed by atoms with Crippen molar-refractivity contribution in [1.82, 2.24) is 4.98 Å². The van der Waals surface area contributed by atoms with Crippen molar-refractivity contribution in [2.75, 3.05) is 12.4 Å². The van der Waals surface area contributed by atoms with Crippen LogP contribution in [0.15, 0.2) is 40.9 Å². The van der Waals surface area contributed by atoms with Crippen LogP contribution in [0.25, 0.3) is 0 Å². The summed E-state index contributed by atoms with van der Waals surface area (Å²) in [6.45, 7) is 0.422. The van der Waals surface area contributed by atoms with Gasteiger partial charge in [0.05, 0.1) is 0 Å². The Morgan fingerprint density at radius 3 is 2.78 bits per heavy atom. The van der Waals surface area contributed by atoms with Crippen molar-refractivity contribution in [2.24, 2.45) is 0 Å². The van der Waals surface area contributed by atoms with Crippen LogP contribution in [0.3, 0.4) is 0 Å². The summed E-state index contributed by atoms with van der Waals surface area (Å²) in [5.74, 6) is 0.514. The zero-order valence-electron chi connectivity index (χ0n) is 9.78. The average Bonchev–Trinajstić information content (AvgIpc) is 2.37. The first-order valence-corrected chi connectivity index (χ1v) is 6.58. The summed E-state index contributed by atoms with van der Waals surface area (Å²) in [7, 11) is 1.88. The molecule has 0 aliphatic rings. The van der Waals surface area contributed by atoms with Gasteiger partial charge in [-0.2, -0.15) is 0 Å². The SMILES string of the molecule is CNc1cccc(Br)c1COc1cccc(Cl)n1. The Bertz CT molecular complexity index is 548. The number of pyridine rings is 1. The fourth-order valence-electron chi connectivity index (χ4n) is 1.56. The smallest absolute Gasteiger partial charge is 0.214 e. The van der Waals surface area contributed by atoms with E-state index in [9.17, 15) is 0 Å². The lowest BCUT2D eigenvalue weighted by atomic mass is 10.2. The Balaban J connectivity index is 2.15. The van der Waals surface area contributed by atoms with Gasteiger partial charge in [0, 0.05) is 28.8 Å². The van der Waals surface area contributed by atoms with E-state index < -0.39 is 0 Å². The molecule has 0 saturated heterocycles. The molecule has 2 rings (SSSR count). The van der Waals surface area contributed by atoms with Crippen molar-refractivity contribution < 1.29 is 4.74 Å². The van der Waals surface area contributed by atoms with Crippen LogP contribution in [-0.2, 0) is 6.61 Å². The highest BCUT2D eigenvalue weighted by molar-refractivity contribution is 9.10. The fourth-order valence-corrected chi connectivity index (χ4v) is 2.19. The first-order valence-electron chi connectivity index (χ1n) is 5.41. The summed E-state index contributed by atoms with van der Waals surface area (Å²) in [6.07, 6.45) is 0. The topological polar surface area (TPSA) is 34.1 Å². The summed E-state index contributed by atoms with van der Waals surface area (Å²) in [4.78, 5) is 4.08. The molecule has 1 N–H and O–H groups in total. The van der Waals surface area contributed by atoms with Gasteiger partial charge in [0.2, 0.25) is 5.88 Å². The predicted molar refractivity (Wildman–Crippen MR) is 77.3 cm³/mol. The number of halogens is 2. The minimum Gasteiger partial charge on any atom is -0.473 e. The third-order valence-corrected chi connectivity index (χ3v) is 3.40. The minimum absolute atomic E-state index is 0.422. The number of anilines is 1. The first kappa shape index (κ1) is 13.2. The molecule has 1 aromatic heterocycles. The van der Waals surface area contributed by atoms with E-state index >= 15 is 0 Å². The molecule has 5 heteroatoms. The Hall–Kier alpha value is -1.26.